The van der Waals surface area contributed by atoms with E-state index >= 15 is 0 Å². The molecule has 25 heavy (non-hydrogen) atoms. The highest BCUT2D eigenvalue weighted by Crippen LogP contribution is 2.24. The van der Waals surface area contributed by atoms with Crippen molar-refractivity contribution in [1.82, 2.24) is 14.9 Å². The highest BCUT2D eigenvalue weighted by Gasteiger charge is 2.21. The summed E-state index contributed by atoms with van der Waals surface area (Å²) in [6.45, 7) is 4.28. The van der Waals surface area contributed by atoms with Crippen molar-refractivity contribution >= 4 is 17.2 Å². The summed E-state index contributed by atoms with van der Waals surface area (Å²) in [6.07, 6.45) is 3.48. The van der Waals surface area contributed by atoms with Gasteiger partial charge in [-0.25, -0.2) is 9.97 Å². The van der Waals surface area contributed by atoms with Crippen LogP contribution < -0.4 is 4.90 Å². The van der Waals surface area contributed by atoms with Crippen molar-refractivity contribution in [2.75, 3.05) is 31.1 Å². The predicted molar refractivity (Wildman–Crippen MR) is 96.3 cm³/mol. The summed E-state index contributed by atoms with van der Waals surface area (Å²) in [7, 11) is 0. The fourth-order valence-electron chi connectivity index (χ4n) is 2.98. The number of nitrogens with zero attached hydrogens (tertiary/aromatic N) is 5. The van der Waals surface area contributed by atoms with Gasteiger partial charge in [0.25, 0.3) is 0 Å². The van der Waals surface area contributed by atoms with Crippen LogP contribution in [-0.4, -0.2) is 41.0 Å². The van der Waals surface area contributed by atoms with E-state index in [0.29, 0.717) is 11.5 Å². The SMILES string of the molecule is N#Cc1cccnc1N1CCN(Cc2coc(-c3cccs3)n2)CC1. The second kappa shape index (κ2) is 7.05. The molecule has 126 valence electrons. The molecule has 0 unspecified atom stereocenters. The first-order valence-corrected chi connectivity index (χ1v) is 9.02. The topological polar surface area (TPSA) is 69.2 Å². The Kier molecular flexibility index (Phi) is 4.46. The summed E-state index contributed by atoms with van der Waals surface area (Å²) in [5.74, 6) is 1.47. The maximum Gasteiger partial charge on any atom is 0.236 e. The van der Waals surface area contributed by atoms with E-state index in [1.807, 2.05) is 23.6 Å². The number of piperazine rings is 1. The quantitative estimate of drug-likeness (QED) is 0.720. The lowest BCUT2D eigenvalue weighted by molar-refractivity contribution is 0.246. The van der Waals surface area contributed by atoms with E-state index in [1.54, 1.807) is 29.9 Å². The molecule has 1 fully saturated rings. The summed E-state index contributed by atoms with van der Waals surface area (Å²) >= 11 is 1.63. The molecule has 0 saturated carbocycles. The molecule has 6 nitrogen and oxygen atoms in total. The van der Waals surface area contributed by atoms with Gasteiger partial charge in [-0.05, 0) is 23.6 Å². The molecule has 7 heteroatoms. The van der Waals surface area contributed by atoms with E-state index in [0.717, 1.165) is 49.1 Å². The van der Waals surface area contributed by atoms with Crippen LogP contribution >= 0.6 is 11.3 Å². The molecule has 4 rings (SSSR count). The van der Waals surface area contributed by atoms with Crippen LogP contribution in [0.2, 0.25) is 0 Å². The minimum Gasteiger partial charge on any atom is -0.444 e. The maximum atomic E-state index is 9.23. The first-order valence-electron chi connectivity index (χ1n) is 8.14. The minimum atomic E-state index is 0.632. The van der Waals surface area contributed by atoms with Gasteiger partial charge in [-0.1, -0.05) is 6.07 Å². The minimum absolute atomic E-state index is 0.632. The molecule has 4 heterocycles. The Morgan fingerprint density at radius 2 is 2.08 bits per heavy atom. The Morgan fingerprint density at radius 1 is 1.20 bits per heavy atom. The lowest BCUT2D eigenvalue weighted by atomic mass is 10.2. The first kappa shape index (κ1) is 15.8. The Hall–Kier alpha value is -2.69. The molecule has 0 aromatic carbocycles. The van der Waals surface area contributed by atoms with Gasteiger partial charge in [-0.3, -0.25) is 4.90 Å². The van der Waals surface area contributed by atoms with Gasteiger partial charge in [0.15, 0.2) is 0 Å². The normalized spacial score (nSPS) is 15.2. The smallest absolute Gasteiger partial charge is 0.236 e. The van der Waals surface area contributed by atoms with Gasteiger partial charge in [0.05, 0.1) is 16.1 Å². The molecule has 1 aliphatic rings. The number of rotatable bonds is 4. The molecular weight excluding hydrogens is 334 g/mol. The Balaban J connectivity index is 1.37. The third-order valence-corrected chi connectivity index (χ3v) is 5.11. The molecule has 3 aromatic heterocycles. The van der Waals surface area contributed by atoms with Gasteiger partial charge in [-0.2, -0.15) is 5.26 Å². The maximum absolute atomic E-state index is 9.23. The van der Waals surface area contributed by atoms with Crippen LogP contribution in [0.1, 0.15) is 11.3 Å². The predicted octanol–water partition coefficient (Wildman–Crippen LogP) is 2.99. The fourth-order valence-corrected chi connectivity index (χ4v) is 3.63. The number of oxazole rings is 1. The van der Waals surface area contributed by atoms with Crippen LogP contribution in [0.5, 0.6) is 0 Å². The molecule has 0 bridgehead atoms. The summed E-state index contributed by atoms with van der Waals surface area (Å²) in [6, 6.07) is 9.84. The monoisotopic (exact) mass is 351 g/mol. The van der Waals surface area contributed by atoms with Crippen molar-refractivity contribution in [1.29, 1.82) is 5.26 Å². The van der Waals surface area contributed by atoms with Crippen LogP contribution in [0, 0.1) is 11.3 Å². The van der Waals surface area contributed by atoms with Crippen LogP contribution in [0.15, 0.2) is 46.5 Å². The van der Waals surface area contributed by atoms with E-state index in [4.69, 9.17) is 4.42 Å². The largest absolute Gasteiger partial charge is 0.444 e. The summed E-state index contributed by atoms with van der Waals surface area (Å²) in [4.78, 5) is 14.5. The molecule has 1 aliphatic heterocycles. The van der Waals surface area contributed by atoms with Gasteiger partial charge in [0.1, 0.15) is 18.2 Å². The number of aromatic nitrogens is 2. The highest BCUT2D eigenvalue weighted by molar-refractivity contribution is 7.13. The first-order chi connectivity index (χ1) is 12.3. The second-order valence-corrected chi connectivity index (χ2v) is 6.82. The van der Waals surface area contributed by atoms with Crippen LogP contribution in [0.3, 0.4) is 0 Å². The fraction of sp³-hybridized carbons (Fsp3) is 0.278. The van der Waals surface area contributed by atoms with E-state index in [1.165, 1.54) is 0 Å². The molecule has 0 amide bonds. The van der Waals surface area contributed by atoms with Gasteiger partial charge < -0.3 is 9.32 Å². The van der Waals surface area contributed by atoms with Crippen molar-refractivity contribution in [2.45, 2.75) is 6.54 Å². The summed E-state index contributed by atoms with van der Waals surface area (Å²) in [5, 5.41) is 11.3. The van der Waals surface area contributed by atoms with Crippen LogP contribution in [0.25, 0.3) is 10.8 Å². The molecule has 0 atom stereocenters. The van der Waals surface area contributed by atoms with Crippen molar-refractivity contribution in [3.8, 4) is 16.8 Å². The van der Waals surface area contributed by atoms with Gasteiger partial charge >= 0.3 is 0 Å². The van der Waals surface area contributed by atoms with Crippen molar-refractivity contribution in [3.63, 3.8) is 0 Å². The lowest BCUT2D eigenvalue weighted by Crippen LogP contribution is -2.46. The highest BCUT2D eigenvalue weighted by atomic mass is 32.1. The van der Waals surface area contributed by atoms with E-state index < -0.39 is 0 Å². The van der Waals surface area contributed by atoms with Crippen molar-refractivity contribution in [2.24, 2.45) is 0 Å². The Bertz CT molecular complexity index is 875. The van der Waals surface area contributed by atoms with Crippen molar-refractivity contribution < 1.29 is 4.42 Å². The molecule has 0 radical (unpaired) electrons. The second-order valence-electron chi connectivity index (χ2n) is 5.87. The summed E-state index contributed by atoms with van der Waals surface area (Å²) < 4.78 is 5.59. The number of thiophene rings is 1. The zero-order valence-electron chi connectivity index (χ0n) is 13.6. The number of hydrogen-bond donors (Lipinski definition) is 0. The average Bonchev–Trinajstić information content (AvgIpc) is 3.34. The standard InChI is InChI=1S/C18H17N5OS/c19-11-14-3-1-5-20-17(14)23-8-6-22(7-9-23)12-15-13-24-18(21-15)16-4-2-10-25-16/h1-5,10,13H,6-9,12H2. The van der Waals surface area contributed by atoms with E-state index in [9.17, 15) is 5.26 Å². The van der Waals surface area contributed by atoms with Crippen LogP contribution in [0.4, 0.5) is 5.82 Å². The molecular formula is C18H17N5OS. The molecule has 0 spiro atoms. The van der Waals surface area contributed by atoms with Gasteiger partial charge in [0.2, 0.25) is 5.89 Å². The molecule has 1 saturated heterocycles. The van der Waals surface area contributed by atoms with E-state index in [2.05, 4.69) is 25.8 Å². The van der Waals surface area contributed by atoms with Crippen LogP contribution in [-0.2, 0) is 6.54 Å². The summed E-state index contributed by atoms with van der Waals surface area (Å²) in [5.41, 5.74) is 1.58. The number of hydrogen-bond acceptors (Lipinski definition) is 7. The molecule has 3 aromatic rings. The Labute approximate surface area is 150 Å². The number of pyridine rings is 1. The zero-order valence-corrected chi connectivity index (χ0v) is 14.4. The lowest BCUT2D eigenvalue weighted by Gasteiger charge is -2.35. The third-order valence-electron chi connectivity index (χ3n) is 4.25. The molecule has 0 N–H and O–H groups in total. The average molecular weight is 351 g/mol. The van der Waals surface area contributed by atoms with Gasteiger partial charge in [0, 0.05) is 38.9 Å². The van der Waals surface area contributed by atoms with E-state index in [-0.39, 0.29) is 0 Å². The third kappa shape index (κ3) is 3.40. The molecule has 0 aliphatic carbocycles. The number of anilines is 1. The Morgan fingerprint density at radius 3 is 2.84 bits per heavy atom. The zero-order chi connectivity index (χ0) is 17.1. The number of nitriles is 1. The van der Waals surface area contributed by atoms with Gasteiger partial charge in [-0.15, -0.1) is 11.3 Å². The van der Waals surface area contributed by atoms with Crippen molar-refractivity contribution in [3.05, 3.63) is 53.4 Å².